The lowest BCUT2D eigenvalue weighted by molar-refractivity contribution is -0.137. The van der Waals surface area contributed by atoms with Crippen LogP contribution in [0.5, 0.6) is 0 Å². The molecule has 0 saturated heterocycles. The predicted molar refractivity (Wildman–Crippen MR) is 82.8 cm³/mol. The Morgan fingerprint density at radius 2 is 1.96 bits per heavy atom. The van der Waals surface area contributed by atoms with Gasteiger partial charge in [0.05, 0.1) is 11.7 Å². The first-order valence-corrected chi connectivity index (χ1v) is 7.64. The summed E-state index contributed by atoms with van der Waals surface area (Å²) >= 11 is 1.51. The van der Waals surface area contributed by atoms with Gasteiger partial charge in [-0.3, -0.25) is 4.79 Å². The summed E-state index contributed by atoms with van der Waals surface area (Å²) in [6, 6.07) is 6.04. The molecule has 0 aliphatic heterocycles. The van der Waals surface area contributed by atoms with Crippen molar-refractivity contribution in [2.24, 2.45) is 0 Å². The van der Waals surface area contributed by atoms with Crippen LogP contribution in [0.2, 0.25) is 0 Å². The SMILES string of the molecule is O=C(/C=C/c1ccsc1)NCC(O)c1ccc(C(F)(F)F)cc1. The molecule has 1 unspecified atom stereocenters. The summed E-state index contributed by atoms with van der Waals surface area (Å²) < 4.78 is 37.3. The molecule has 23 heavy (non-hydrogen) atoms. The predicted octanol–water partition coefficient (Wildman–Crippen LogP) is 3.63. The maximum absolute atomic E-state index is 12.4. The van der Waals surface area contributed by atoms with Gasteiger partial charge in [0.25, 0.3) is 0 Å². The quantitative estimate of drug-likeness (QED) is 0.816. The molecule has 2 N–H and O–H groups in total. The number of aliphatic hydroxyl groups excluding tert-OH is 1. The lowest BCUT2D eigenvalue weighted by atomic mass is 10.1. The van der Waals surface area contributed by atoms with Gasteiger partial charge in [-0.15, -0.1) is 0 Å². The summed E-state index contributed by atoms with van der Waals surface area (Å²) in [5, 5.41) is 16.1. The van der Waals surface area contributed by atoms with Gasteiger partial charge in [-0.1, -0.05) is 12.1 Å². The average Bonchev–Trinajstić information content (AvgIpc) is 3.03. The van der Waals surface area contributed by atoms with E-state index in [2.05, 4.69) is 5.32 Å². The number of nitrogens with one attached hydrogen (secondary N) is 1. The molecule has 1 heterocycles. The van der Waals surface area contributed by atoms with Crippen LogP contribution < -0.4 is 5.32 Å². The van der Waals surface area contributed by atoms with Crippen molar-refractivity contribution in [3.05, 3.63) is 63.9 Å². The maximum atomic E-state index is 12.4. The Labute approximate surface area is 135 Å². The number of hydrogen-bond donors (Lipinski definition) is 2. The smallest absolute Gasteiger partial charge is 0.387 e. The van der Waals surface area contributed by atoms with E-state index < -0.39 is 17.8 Å². The highest BCUT2D eigenvalue weighted by Crippen LogP contribution is 2.29. The molecule has 3 nitrogen and oxygen atoms in total. The summed E-state index contributed by atoms with van der Waals surface area (Å²) in [5.41, 5.74) is 0.421. The molecule has 0 spiro atoms. The fourth-order valence-electron chi connectivity index (χ4n) is 1.81. The third kappa shape index (κ3) is 5.22. The van der Waals surface area contributed by atoms with E-state index in [1.165, 1.54) is 29.5 Å². The van der Waals surface area contributed by atoms with Crippen LogP contribution in [0.3, 0.4) is 0 Å². The van der Waals surface area contributed by atoms with E-state index in [1.807, 2.05) is 16.8 Å². The summed E-state index contributed by atoms with van der Waals surface area (Å²) in [6.45, 7) is -0.0851. The zero-order valence-electron chi connectivity index (χ0n) is 11.9. The Balaban J connectivity index is 1.87. The molecule has 1 aromatic carbocycles. The number of carbonyl (C=O) groups is 1. The Bertz CT molecular complexity index is 664. The van der Waals surface area contributed by atoms with Gasteiger partial charge in [0.1, 0.15) is 0 Å². The minimum atomic E-state index is -4.41. The minimum Gasteiger partial charge on any atom is -0.387 e. The highest BCUT2D eigenvalue weighted by atomic mass is 32.1. The highest BCUT2D eigenvalue weighted by Gasteiger charge is 2.30. The second kappa shape index (κ2) is 7.43. The average molecular weight is 341 g/mol. The van der Waals surface area contributed by atoms with Crippen LogP contribution in [-0.4, -0.2) is 17.6 Å². The summed E-state index contributed by atoms with van der Waals surface area (Å²) in [7, 11) is 0. The minimum absolute atomic E-state index is 0.0851. The molecule has 2 rings (SSSR count). The topological polar surface area (TPSA) is 49.3 Å². The molecule has 0 aliphatic carbocycles. The van der Waals surface area contributed by atoms with Crippen molar-refractivity contribution in [2.45, 2.75) is 12.3 Å². The van der Waals surface area contributed by atoms with Crippen LogP contribution in [0.25, 0.3) is 6.08 Å². The van der Waals surface area contributed by atoms with Crippen LogP contribution in [-0.2, 0) is 11.0 Å². The van der Waals surface area contributed by atoms with E-state index in [0.29, 0.717) is 5.56 Å². The fraction of sp³-hybridized carbons (Fsp3) is 0.188. The molecule has 7 heteroatoms. The summed E-state index contributed by atoms with van der Waals surface area (Å²) in [6.07, 6.45) is -2.52. The lowest BCUT2D eigenvalue weighted by Gasteiger charge is -2.13. The monoisotopic (exact) mass is 341 g/mol. The molecule has 1 amide bonds. The van der Waals surface area contributed by atoms with Crippen molar-refractivity contribution in [2.75, 3.05) is 6.54 Å². The van der Waals surface area contributed by atoms with Crippen LogP contribution in [0.15, 0.2) is 47.2 Å². The zero-order valence-corrected chi connectivity index (χ0v) is 12.7. The largest absolute Gasteiger partial charge is 0.416 e. The van der Waals surface area contributed by atoms with Crippen LogP contribution in [0.4, 0.5) is 13.2 Å². The summed E-state index contributed by atoms with van der Waals surface area (Å²) in [4.78, 5) is 11.6. The van der Waals surface area contributed by atoms with Crippen LogP contribution in [0, 0.1) is 0 Å². The van der Waals surface area contributed by atoms with Gasteiger partial charge in [0.15, 0.2) is 0 Å². The van der Waals surface area contributed by atoms with Crippen LogP contribution in [0.1, 0.15) is 22.8 Å². The maximum Gasteiger partial charge on any atom is 0.416 e. The van der Waals surface area contributed by atoms with Crippen molar-refractivity contribution < 1.29 is 23.1 Å². The number of thiophene rings is 1. The molecule has 0 radical (unpaired) electrons. The molecule has 1 aromatic heterocycles. The number of benzene rings is 1. The number of halogens is 3. The molecule has 2 aromatic rings. The zero-order chi connectivity index (χ0) is 16.9. The van der Waals surface area contributed by atoms with E-state index in [4.69, 9.17) is 0 Å². The van der Waals surface area contributed by atoms with Crippen molar-refractivity contribution in [1.29, 1.82) is 0 Å². The summed E-state index contributed by atoms with van der Waals surface area (Å²) in [5.74, 6) is -0.387. The van der Waals surface area contributed by atoms with Crippen LogP contribution >= 0.6 is 11.3 Å². The number of hydrogen-bond acceptors (Lipinski definition) is 3. The molecular formula is C16H14F3NO2S. The van der Waals surface area contributed by atoms with Gasteiger partial charge in [0, 0.05) is 12.6 Å². The Kier molecular flexibility index (Phi) is 5.57. The Morgan fingerprint density at radius 1 is 1.26 bits per heavy atom. The first-order valence-electron chi connectivity index (χ1n) is 6.69. The number of carbonyl (C=O) groups excluding carboxylic acids is 1. The third-order valence-electron chi connectivity index (χ3n) is 3.06. The van der Waals surface area contributed by atoms with E-state index in [0.717, 1.165) is 17.7 Å². The number of amides is 1. The normalized spacial score (nSPS) is 13.2. The van der Waals surface area contributed by atoms with E-state index in [1.54, 1.807) is 6.08 Å². The standard InChI is InChI=1S/C16H14F3NO2S/c17-16(18,19)13-4-2-12(3-5-13)14(21)9-20-15(22)6-1-11-7-8-23-10-11/h1-8,10,14,21H,9H2,(H,20,22)/b6-1+. The molecule has 122 valence electrons. The lowest BCUT2D eigenvalue weighted by Crippen LogP contribution is -2.26. The van der Waals surface area contributed by atoms with Gasteiger partial charge >= 0.3 is 6.18 Å². The second-order valence-electron chi connectivity index (χ2n) is 4.77. The van der Waals surface area contributed by atoms with Gasteiger partial charge in [-0.25, -0.2) is 0 Å². The highest BCUT2D eigenvalue weighted by molar-refractivity contribution is 7.08. The van der Waals surface area contributed by atoms with Gasteiger partial charge in [0.2, 0.25) is 5.91 Å². The first-order chi connectivity index (χ1) is 10.9. The molecular weight excluding hydrogens is 327 g/mol. The van der Waals surface area contributed by atoms with E-state index >= 15 is 0 Å². The van der Waals surface area contributed by atoms with Crippen molar-refractivity contribution in [3.8, 4) is 0 Å². The van der Waals surface area contributed by atoms with E-state index in [-0.39, 0.29) is 12.5 Å². The molecule has 0 saturated carbocycles. The Hall–Kier alpha value is -2.12. The van der Waals surface area contributed by atoms with E-state index in [9.17, 15) is 23.1 Å². The molecule has 1 atom stereocenters. The third-order valence-corrected chi connectivity index (χ3v) is 3.76. The molecule has 0 fully saturated rings. The number of rotatable bonds is 5. The van der Waals surface area contributed by atoms with Crippen molar-refractivity contribution in [1.82, 2.24) is 5.32 Å². The Morgan fingerprint density at radius 3 is 2.52 bits per heavy atom. The fourth-order valence-corrected chi connectivity index (χ4v) is 2.44. The molecule has 0 aliphatic rings. The molecule has 0 bridgehead atoms. The van der Waals surface area contributed by atoms with Crippen molar-refractivity contribution >= 4 is 23.3 Å². The number of aliphatic hydroxyl groups is 1. The van der Waals surface area contributed by atoms with Crippen molar-refractivity contribution in [3.63, 3.8) is 0 Å². The second-order valence-corrected chi connectivity index (χ2v) is 5.55. The number of alkyl halides is 3. The van der Waals surface area contributed by atoms with Gasteiger partial charge < -0.3 is 10.4 Å². The van der Waals surface area contributed by atoms with Gasteiger partial charge in [-0.2, -0.15) is 24.5 Å². The first kappa shape index (κ1) is 17.2. The van der Waals surface area contributed by atoms with Gasteiger partial charge in [-0.05, 0) is 46.2 Å².